The summed E-state index contributed by atoms with van der Waals surface area (Å²) in [5.41, 5.74) is -1.63. The Balaban J connectivity index is 2.22. The first-order valence-electron chi connectivity index (χ1n) is 8.43. The van der Waals surface area contributed by atoms with Gasteiger partial charge in [0.2, 0.25) is 0 Å². The van der Waals surface area contributed by atoms with E-state index in [-0.39, 0.29) is 20.9 Å². The van der Waals surface area contributed by atoms with Crippen molar-refractivity contribution in [2.24, 2.45) is 16.7 Å². The van der Waals surface area contributed by atoms with E-state index in [9.17, 15) is 14.7 Å². The largest absolute Gasteiger partial charge is 0.490 e. The zero-order chi connectivity index (χ0) is 18.1. The summed E-state index contributed by atoms with van der Waals surface area (Å²) in [5, 5.41) is 10.4. The van der Waals surface area contributed by atoms with Crippen molar-refractivity contribution in [3.63, 3.8) is 0 Å². The van der Waals surface area contributed by atoms with Crippen molar-refractivity contribution in [1.82, 2.24) is 0 Å². The molecule has 0 aromatic carbocycles. The summed E-state index contributed by atoms with van der Waals surface area (Å²) < 4.78 is 6.25. The lowest BCUT2D eigenvalue weighted by Gasteiger charge is -2.51. The van der Waals surface area contributed by atoms with Crippen LogP contribution in [-0.2, 0) is 14.3 Å². The van der Waals surface area contributed by atoms with Gasteiger partial charge >= 0.3 is 0 Å². The molecule has 132 valence electrons. The van der Waals surface area contributed by atoms with E-state index in [0.29, 0.717) is 30.6 Å². The minimum Gasteiger partial charge on any atom is -0.490 e. The van der Waals surface area contributed by atoms with Crippen LogP contribution in [0.4, 0.5) is 0 Å². The van der Waals surface area contributed by atoms with Crippen molar-refractivity contribution in [1.29, 1.82) is 0 Å². The first kappa shape index (κ1) is 18.1. The lowest BCUT2D eigenvalue weighted by atomic mass is 9.52. The Kier molecular flexibility index (Phi) is 4.08. The van der Waals surface area contributed by atoms with Gasteiger partial charge in [0, 0.05) is 15.9 Å². The minimum absolute atomic E-state index is 0.0139. The number of ether oxygens (including phenoxy) is 1. The highest BCUT2D eigenvalue weighted by molar-refractivity contribution is 14.1. The molecule has 2 fully saturated rings. The van der Waals surface area contributed by atoms with Crippen LogP contribution in [-0.4, -0.2) is 32.3 Å². The average Bonchev–Trinajstić information content (AvgIpc) is 2.83. The molecule has 1 spiro atoms. The topological polar surface area (TPSA) is 63.6 Å². The molecule has 4 nitrogen and oxygen atoms in total. The molecule has 0 radical (unpaired) electrons. The second kappa shape index (κ2) is 5.40. The monoisotopic (exact) mass is 444 g/mol. The van der Waals surface area contributed by atoms with Gasteiger partial charge in [0.05, 0.1) is 16.9 Å². The Morgan fingerprint density at radius 2 is 2.00 bits per heavy atom. The predicted octanol–water partition coefficient (Wildman–Crippen LogP) is 3.36. The fourth-order valence-corrected chi connectivity index (χ4v) is 5.51. The van der Waals surface area contributed by atoms with Crippen LogP contribution in [0.3, 0.4) is 0 Å². The summed E-state index contributed by atoms with van der Waals surface area (Å²) in [7, 11) is 0. The van der Waals surface area contributed by atoms with Crippen LogP contribution in [0, 0.1) is 16.7 Å². The number of rotatable bonds is 3. The van der Waals surface area contributed by atoms with Crippen LogP contribution in [0.2, 0.25) is 0 Å². The summed E-state index contributed by atoms with van der Waals surface area (Å²) in [6, 6.07) is 0. The lowest BCUT2D eigenvalue weighted by Crippen LogP contribution is -2.58. The summed E-state index contributed by atoms with van der Waals surface area (Å²) in [6.45, 7) is 11.2. The molecule has 1 saturated carbocycles. The van der Waals surface area contributed by atoms with Gasteiger partial charge in [-0.15, -0.1) is 6.58 Å². The molecule has 1 aliphatic heterocycles. The smallest absolute Gasteiger partial charge is 0.173 e. The Bertz CT molecular complexity index is 655. The Morgan fingerprint density at radius 1 is 1.38 bits per heavy atom. The fourth-order valence-electron chi connectivity index (χ4n) is 4.39. The maximum Gasteiger partial charge on any atom is 0.173 e. The molecule has 2 bridgehead atoms. The standard InChI is InChI=1S/C19H25IO4/c1-6-7-10-14(21)13-15(22)19(8-11(20)17(13,2)3)9-12(18(4,5)23)24-16(10)19/h6,11-13,23H,1,7-9H2,2-5H3/t11-,12-,13-,19+/m1/s1. The Morgan fingerprint density at radius 3 is 2.54 bits per heavy atom. The molecule has 5 heteroatoms. The maximum absolute atomic E-state index is 13.4. The van der Waals surface area contributed by atoms with Gasteiger partial charge in [-0.25, -0.2) is 0 Å². The third-order valence-corrected chi connectivity index (χ3v) is 8.06. The molecule has 1 N–H and O–H groups in total. The third kappa shape index (κ3) is 2.26. The summed E-state index contributed by atoms with van der Waals surface area (Å²) in [6.07, 6.45) is 2.72. The van der Waals surface area contributed by atoms with Gasteiger partial charge in [0.1, 0.15) is 11.9 Å². The van der Waals surface area contributed by atoms with E-state index in [0.717, 1.165) is 0 Å². The summed E-state index contributed by atoms with van der Waals surface area (Å²) in [4.78, 5) is 26.5. The average molecular weight is 444 g/mol. The molecule has 0 aromatic heterocycles. The number of ketones is 2. The molecule has 2 aliphatic carbocycles. The number of carbonyl (C=O) groups is 2. The number of fused-ring (bicyclic) bond motifs is 1. The minimum atomic E-state index is -1.06. The molecular formula is C19H25IO4. The molecular weight excluding hydrogens is 419 g/mol. The molecule has 24 heavy (non-hydrogen) atoms. The highest BCUT2D eigenvalue weighted by Gasteiger charge is 2.67. The summed E-state index contributed by atoms with van der Waals surface area (Å²) >= 11 is 2.37. The highest BCUT2D eigenvalue weighted by atomic mass is 127. The van der Waals surface area contributed by atoms with E-state index in [2.05, 4.69) is 29.2 Å². The van der Waals surface area contributed by atoms with Gasteiger partial charge in [0.25, 0.3) is 0 Å². The number of carbonyl (C=O) groups excluding carboxylic acids is 2. The van der Waals surface area contributed by atoms with E-state index in [1.807, 2.05) is 13.8 Å². The first-order valence-corrected chi connectivity index (χ1v) is 9.67. The fraction of sp³-hybridized carbons (Fsp3) is 0.684. The van der Waals surface area contributed by atoms with E-state index in [1.165, 1.54) is 0 Å². The summed E-state index contributed by atoms with van der Waals surface area (Å²) in [5.74, 6) is -0.248. The van der Waals surface area contributed by atoms with E-state index in [4.69, 9.17) is 4.74 Å². The number of halogens is 1. The highest BCUT2D eigenvalue weighted by Crippen LogP contribution is 2.62. The number of Topliss-reactive ketones (excluding diaryl/α,β-unsaturated/α-hetero) is 2. The van der Waals surface area contributed by atoms with Crippen LogP contribution in [0.1, 0.15) is 47.0 Å². The first-order chi connectivity index (χ1) is 11.0. The second-order valence-corrected chi connectivity index (χ2v) is 10.0. The molecule has 0 amide bonds. The van der Waals surface area contributed by atoms with Crippen molar-refractivity contribution in [2.45, 2.75) is 62.6 Å². The molecule has 3 aliphatic rings. The zero-order valence-corrected chi connectivity index (χ0v) is 16.8. The number of hydrogen-bond donors (Lipinski definition) is 1. The quantitative estimate of drug-likeness (QED) is 0.314. The van der Waals surface area contributed by atoms with Crippen LogP contribution in [0.5, 0.6) is 0 Å². The van der Waals surface area contributed by atoms with E-state index < -0.39 is 23.0 Å². The van der Waals surface area contributed by atoms with E-state index >= 15 is 0 Å². The molecule has 4 atom stereocenters. The van der Waals surface area contributed by atoms with Crippen molar-refractivity contribution in [2.75, 3.05) is 0 Å². The second-order valence-electron chi connectivity index (χ2n) is 8.50. The number of hydrogen-bond acceptors (Lipinski definition) is 4. The van der Waals surface area contributed by atoms with Crippen molar-refractivity contribution < 1.29 is 19.4 Å². The van der Waals surface area contributed by atoms with Crippen molar-refractivity contribution in [3.05, 3.63) is 24.0 Å². The molecule has 1 heterocycles. The molecule has 0 unspecified atom stereocenters. The van der Waals surface area contributed by atoms with Crippen molar-refractivity contribution in [3.8, 4) is 0 Å². The lowest BCUT2D eigenvalue weighted by molar-refractivity contribution is -0.148. The SMILES string of the molecule is C=CCC1=C2O[C@@H](C(C)(C)O)C[C@]23C[C@@H](I)C(C)(C)[C@H](C1=O)C3=O. The maximum atomic E-state index is 13.4. The van der Waals surface area contributed by atoms with E-state index in [1.54, 1.807) is 19.9 Å². The Hall–Kier alpha value is -0.690. The molecule has 1 saturated heterocycles. The van der Waals surface area contributed by atoms with Gasteiger partial charge < -0.3 is 9.84 Å². The molecule has 0 aromatic rings. The Labute approximate surface area is 156 Å². The number of allylic oxidation sites excluding steroid dienone is 3. The molecule has 3 rings (SSSR count). The number of aliphatic hydroxyl groups is 1. The third-order valence-electron chi connectivity index (χ3n) is 6.01. The van der Waals surface area contributed by atoms with Gasteiger partial charge in [0.15, 0.2) is 11.6 Å². The van der Waals surface area contributed by atoms with Crippen LogP contribution in [0.15, 0.2) is 24.0 Å². The van der Waals surface area contributed by atoms with Gasteiger partial charge in [-0.05, 0) is 32.1 Å². The predicted molar refractivity (Wildman–Crippen MR) is 99.8 cm³/mol. The number of alkyl halides is 1. The van der Waals surface area contributed by atoms with Crippen LogP contribution in [0.25, 0.3) is 0 Å². The van der Waals surface area contributed by atoms with Gasteiger partial charge in [-0.3, -0.25) is 9.59 Å². The van der Waals surface area contributed by atoms with Crippen LogP contribution < -0.4 is 0 Å². The van der Waals surface area contributed by atoms with Crippen molar-refractivity contribution >= 4 is 34.2 Å². The normalized spacial score (nSPS) is 38.0. The van der Waals surface area contributed by atoms with Gasteiger partial charge in [-0.2, -0.15) is 0 Å². The zero-order valence-electron chi connectivity index (χ0n) is 14.7. The van der Waals surface area contributed by atoms with Gasteiger partial charge in [-0.1, -0.05) is 42.5 Å². The van der Waals surface area contributed by atoms with Crippen LogP contribution >= 0.6 is 22.6 Å².